The average Bonchev–Trinajstić information content (AvgIpc) is 3.20. The van der Waals surface area contributed by atoms with Gasteiger partial charge in [-0.3, -0.25) is 0 Å². The molecule has 0 amide bonds. The van der Waals surface area contributed by atoms with Gasteiger partial charge in [0.25, 0.3) is 0 Å². The number of rotatable bonds is 7. The summed E-state index contributed by atoms with van der Waals surface area (Å²) in [7, 11) is 0. The van der Waals surface area contributed by atoms with Crippen LogP contribution >= 0.6 is 22.9 Å². The fourth-order valence-electron chi connectivity index (χ4n) is 3.06. The molecule has 4 aromatic rings. The summed E-state index contributed by atoms with van der Waals surface area (Å²) >= 11 is 7.60. The van der Waals surface area contributed by atoms with Crippen LogP contribution in [0.15, 0.2) is 60.2 Å². The van der Waals surface area contributed by atoms with Crippen LogP contribution in [0.4, 0.5) is 11.5 Å². The summed E-state index contributed by atoms with van der Waals surface area (Å²) in [6.45, 7) is 2.49. The molecule has 30 heavy (non-hydrogen) atoms. The van der Waals surface area contributed by atoms with E-state index in [1.807, 2.05) is 36.4 Å². The largest absolute Gasteiger partial charge is 0.462 e. The molecule has 0 fully saturated rings. The predicted octanol–water partition coefficient (Wildman–Crippen LogP) is 6.71. The van der Waals surface area contributed by atoms with Crippen LogP contribution in [0.25, 0.3) is 21.3 Å². The van der Waals surface area contributed by atoms with Crippen LogP contribution in [0.3, 0.4) is 0 Å². The number of anilines is 2. The number of unbranched alkanes of at least 4 members (excludes halogenated alkanes) is 1. The maximum absolute atomic E-state index is 12.3. The topological polar surface area (TPSA) is 64.1 Å². The number of nitrogens with zero attached hydrogens (tertiary/aromatic N) is 2. The Hall–Kier alpha value is -2.96. The van der Waals surface area contributed by atoms with Gasteiger partial charge in [0.15, 0.2) is 0 Å². The molecule has 0 radical (unpaired) electrons. The molecule has 2 heterocycles. The van der Waals surface area contributed by atoms with Gasteiger partial charge in [-0.25, -0.2) is 14.8 Å². The molecule has 0 aliphatic rings. The standard InChI is InChI=1S/C23H20ClN3O2S/c1-2-3-11-29-23(28)16-5-4-6-18(12-16)27-21-20-19(13-30-22(20)26-14-25-21)15-7-9-17(24)10-8-15/h4-10,12-14H,2-3,11H2,1H3,(H,25,26,27). The van der Waals surface area contributed by atoms with Crippen molar-refractivity contribution in [3.05, 3.63) is 70.8 Å². The van der Waals surface area contributed by atoms with Gasteiger partial charge in [-0.05, 0) is 42.3 Å². The highest BCUT2D eigenvalue weighted by Gasteiger charge is 2.14. The number of carbonyl (C=O) groups excluding carboxylic acids is 1. The van der Waals surface area contributed by atoms with Gasteiger partial charge in [0, 0.05) is 21.7 Å². The van der Waals surface area contributed by atoms with E-state index in [1.165, 1.54) is 6.33 Å². The SMILES string of the molecule is CCCCOC(=O)c1cccc(Nc2ncnc3scc(-c4ccc(Cl)cc4)c23)c1. The number of fused-ring (bicyclic) bond motifs is 1. The molecule has 0 aliphatic carbocycles. The lowest BCUT2D eigenvalue weighted by Crippen LogP contribution is -2.06. The number of thiophene rings is 1. The van der Waals surface area contributed by atoms with Crippen LogP contribution < -0.4 is 5.32 Å². The number of aromatic nitrogens is 2. The lowest BCUT2D eigenvalue weighted by Gasteiger charge is -2.10. The zero-order chi connectivity index (χ0) is 20.9. The summed E-state index contributed by atoms with van der Waals surface area (Å²) in [6.07, 6.45) is 3.37. The van der Waals surface area contributed by atoms with Crippen molar-refractivity contribution in [2.45, 2.75) is 19.8 Å². The van der Waals surface area contributed by atoms with Crippen LogP contribution in [-0.2, 0) is 4.74 Å². The molecule has 0 saturated heterocycles. The summed E-state index contributed by atoms with van der Waals surface area (Å²) in [5, 5.41) is 7.03. The minimum atomic E-state index is -0.322. The molecule has 2 aromatic heterocycles. The van der Waals surface area contributed by atoms with Gasteiger partial charge in [-0.2, -0.15) is 0 Å². The van der Waals surface area contributed by atoms with Crippen LogP contribution in [-0.4, -0.2) is 22.5 Å². The fraction of sp³-hybridized carbons (Fsp3) is 0.174. The molecule has 0 atom stereocenters. The number of carbonyl (C=O) groups is 1. The Morgan fingerprint density at radius 1 is 1.17 bits per heavy atom. The minimum Gasteiger partial charge on any atom is -0.462 e. The van der Waals surface area contributed by atoms with Crippen LogP contribution in [0, 0.1) is 0 Å². The summed E-state index contributed by atoms with van der Waals surface area (Å²) < 4.78 is 5.32. The molecular formula is C23H20ClN3O2S. The van der Waals surface area contributed by atoms with Crippen molar-refractivity contribution in [3.8, 4) is 11.1 Å². The molecule has 152 valence electrons. The summed E-state index contributed by atoms with van der Waals surface area (Å²) in [6, 6.07) is 14.9. The number of hydrogen-bond acceptors (Lipinski definition) is 6. The van der Waals surface area contributed by atoms with E-state index in [4.69, 9.17) is 16.3 Å². The van der Waals surface area contributed by atoms with Crippen molar-refractivity contribution in [3.63, 3.8) is 0 Å². The first kappa shape index (κ1) is 20.3. The third kappa shape index (κ3) is 4.45. The second-order valence-electron chi connectivity index (χ2n) is 6.75. The van der Waals surface area contributed by atoms with Crippen molar-refractivity contribution in [1.29, 1.82) is 0 Å². The molecule has 0 bridgehead atoms. The fourth-order valence-corrected chi connectivity index (χ4v) is 4.11. The van der Waals surface area contributed by atoms with E-state index in [2.05, 4.69) is 27.6 Å². The molecular weight excluding hydrogens is 418 g/mol. The van der Waals surface area contributed by atoms with E-state index in [-0.39, 0.29) is 5.97 Å². The lowest BCUT2D eigenvalue weighted by atomic mass is 10.1. The van der Waals surface area contributed by atoms with Gasteiger partial charge in [-0.1, -0.05) is 43.1 Å². The van der Waals surface area contributed by atoms with E-state index in [1.54, 1.807) is 23.5 Å². The maximum Gasteiger partial charge on any atom is 0.338 e. The third-order valence-corrected chi connectivity index (χ3v) is 5.76. The summed E-state index contributed by atoms with van der Waals surface area (Å²) in [4.78, 5) is 22.0. The van der Waals surface area contributed by atoms with Crippen molar-refractivity contribution in [2.24, 2.45) is 0 Å². The zero-order valence-electron chi connectivity index (χ0n) is 16.4. The second-order valence-corrected chi connectivity index (χ2v) is 8.05. The molecule has 1 N–H and O–H groups in total. The summed E-state index contributed by atoms with van der Waals surface area (Å²) in [5.74, 6) is 0.361. The number of benzene rings is 2. The number of esters is 1. The van der Waals surface area contributed by atoms with E-state index in [0.29, 0.717) is 23.0 Å². The van der Waals surface area contributed by atoms with E-state index in [0.717, 1.165) is 39.9 Å². The highest BCUT2D eigenvalue weighted by atomic mass is 35.5. The summed E-state index contributed by atoms with van der Waals surface area (Å²) in [5.41, 5.74) is 3.33. The van der Waals surface area contributed by atoms with Crippen molar-refractivity contribution in [1.82, 2.24) is 9.97 Å². The van der Waals surface area contributed by atoms with E-state index < -0.39 is 0 Å². The van der Waals surface area contributed by atoms with Gasteiger partial charge in [0.2, 0.25) is 0 Å². The lowest BCUT2D eigenvalue weighted by molar-refractivity contribution is 0.0500. The number of nitrogens with one attached hydrogen (secondary N) is 1. The molecule has 7 heteroatoms. The number of halogens is 1. The monoisotopic (exact) mass is 437 g/mol. The van der Waals surface area contributed by atoms with Gasteiger partial charge in [-0.15, -0.1) is 11.3 Å². The smallest absolute Gasteiger partial charge is 0.338 e. The number of hydrogen-bond donors (Lipinski definition) is 1. The molecule has 4 rings (SSSR count). The molecule has 2 aromatic carbocycles. The molecule has 5 nitrogen and oxygen atoms in total. The van der Waals surface area contributed by atoms with Crippen LogP contribution in [0.2, 0.25) is 5.02 Å². The minimum absolute atomic E-state index is 0.322. The molecule has 0 unspecified atom stereocenters. The first-order valence-electron chi connectivity index (χ1n) is 9.68. The normalized spacial score (nSPS) is 10.9. The molecule has 0 spiro atoms. The van der Waals surface area contributed by atoms with Crippen molar-refractivity contribution >= 4 is 50.6 Å². The predicted molar refractivity (Wildman–Crippen MR) is 123 cm³/mol. The molecule has 0 saturated carbocycles. The second kappa shape index (κ2) is 9.24. The third-order valence-electron chi connectivity index (χ3n) is 4.62. The number of ether oxygens (including phenoxy) is 1. The molecule has 0 aliphatic heterocycles. The highest BCUT2D eigenvalue weighted by Crippen LogP contribution is 2.37. The van der Waals surface area contributed by atoms with Crippen molar-refractivity contribution in [2.75, 3.05) is 11.9 Å². The van der Waals surface area contributed by atoms with Gasteiger partial charge >= 0.3 is 5.97 Å². The average molecular weight is 438 g/mol. The van der Waals surface area contributed by atoms with Crippen LogP contribution in [0.1, 0.15) is 30.1 Å². The Bertz CT molecular complexity index is 1170. The Labute approximate surface area is 183 Å². The Morgan fingerprint density at radius 2 is 2.00 bits per heavy atom. The van der Waals surface area contributed by atoms with Crippen molar-refractivity contribution < 1.29 is 9.53 Å². The zero-order valence-corrected chi connectivity index (χ0v) is 18.0. The van der Waals surface area contributed by atoms with Crippen LogP contribution in [0.5, 0.6) is 0 Å². The van der Waals surface area contributed by atoms with Gasteiger partial charge < -0.3 is 10.1 Å². The Kier molecular flexibility index (Phi) is 6.26. The maximum atomic E-state index is 12.3. The van der Waals surface area contributed by atoms with E-state index in [9.17, 15) is 4.79 Å². The Morgan fingerprint density at radius 3 is 2.80 bits per heavy atom. The van der Waals surface area contributed by atoms with Gasteiger partial charge in [0.05, 0.1) is 17.6 Å². The Balaban J connectivity index is 1.65. The highest BCUT2D eigenvalue weighted by molar-refractivity contribution is 7.17. The first-order valence-corrected chi connectivity index (χ1v) is 10.9. The van der Waals surface area contributed by atoms with Gasteiger partial charge in [0.1, 0.15) is 17.0 Å². The quantitative estimate of drug-likeness (QED) is 0.257. The van der Waals surface area contributed by atoms with E-state index >= 15 is 0 Å². The first-order chi connectivity index (χ1) is 14.7.